The van der Waals surface area contributed by atoms with Crippen molar-refractivity contribution < 1.29 is 9.59 Å². The van der Waals surface area contributed by atoms with Gasteiger partial charge in [0.15, 0.2) is 0 Å². The van der Waals surface area contributed by atoms with E-state index in [9.17, 15) is 9.59 Å². The number of hydrogen-bond acceptors (Lipinski definition) is 3. The van der Waals surface area contributed by atoms with E-state index in [-0.39, 0.29) is 17.9 Å². The van der Waals surface area contributed by atoms with Crippen LogP contribution in [0.5, 0.6) is 0 Å². The fourth-order valence-electron chi connectivity index (χ4n) is 3.15. The Bertz CT molecular complexity index is 573. The van der Waals surface area contributed by atoms with Crippen LogP contribution in [0.15, 0.2) is 36.4 Å². The minimum Gasteiger partial charge on any atom is -0.267 e. The second kappa shape index (κ2) is 3.78. The molecule has 0 aromatic heterocycles. The summed E-state index contributed by atoms with van der Waals surface area (Å²) in [6, 6.07) is 7.60. The monoisotopic (exact) mass is 254 g/mol. The van der Waals surface area contributed by atoms with Crippen LogP contribution in [-0.2, 0) is 0 Å². The van der Waals surface area contributed by atoms with Gasteiger partial charge >= 0.3 is 0 Å². The second-order valence-electron chi connectivity index (χ2n) is 5.26. The van der Waals surface area contributed by atoms with E-state index in [0.29, 0.717) is 17.2 Å². The summed E-state index contributed by atoms with van der Waals surface area (Å²) in [5, 5.41) is 3.27. The van der Waals surface area contributed by atoms with Crippen molar-refractivity contribution in [2.45, 2.75) is 31.3 Å². The van der Waals surface area contributed by atoms with Gasteiger partial charge < -0.3 is 0 Å². The molecule has 3 unspecified atom stereocenters. The molecule has 4 rings (SSSR count). The van der Waals surface area contributed by atoms with Crippen LogP contribution in [0.3, 0.4) is 0 Å². The summed E-state index contributed by atoms with van der Waals surface area (Å²) in [4.78, 5) is 24.7. The van der Waals surface area contributed by atoms with E-state index in [4.69, 9.17) is 0 Å². The highest BCUT2D eigenvalue weighted by atomic mass is 16.2. The highest BCUT2D eigenvalue weighted by Crippen LogP contribution is 2.40. The number of benzene rings is 1. The van der Waals surface area contributed by atoms with Gasteiger partial charge in [-0.3, -0.25) is 9.59 Å². The number of amides is 2. The average Bonchev–Trinajstić information content (AvgIpc) is 3.09. The maximum absolute atomic E-state index is 12.4. The number of carbonyl (C=O) groups excluding carboxylic acids is 2. The molecule has 2 amide bonds. The molecule has 3 atom stereocenters. The van der Waals surface area contributed by atoms with Crippen molar-refractivity contribution in [3.8, 4) is 0 Å². The van der Waals surface area contributed by atoms with Gasteiger partial charge in [-0.25, -0.2) is 5.01 Å². The molecular weight excluding hydrogens is 240 g/mol. The van der Waals surface area contributed by atoms with Gasteiger partial charge in [-0.1, -0.05) is 24.3 Å². The maximum atomic E-state index is 12.4. The summed E-state index contributed by atoms with van der Waals surface area (Å²) in [5.74, 6) is -0.357. The molecule has 1 fully saturated rings. The first kappa shape index (κ1) is 10.9. The standard InChI is InChI=1S/C15H14N2O2/c18-14-10-6-4-5-7-11(10)15(19)17(14)16-12-8-2-1-3-9-13(12)16/h2,4-8,12-13H,1,3,9H2. The van der Waals surface area contributed by atoms with Gasteiger partial charge in [0.05, 0.1) is 23.2 Å². The van der Waals surface area contributed by atoms with Crippen LogP contribution in [-0.4, -0.2) is 33.9 Å². The Morgan fingerprint density at radius 3 is 2.42 bits per heavy atom. The van der Waals surface area contributed by atoms with E-state index in [1.54, 1.807) is 24.3 Å². The first-order valence-corrected chi connectivity index (χ1v) is 6.72. The first-order valence-electron chi connectivity index (χ1n) is 6.72. The zero-order valence-electron chi connectivity index (χ0n) is 10.5. The third-order valence-corrected chi connectivity index (χ3v) is 4.16. The average molecular weight is 254 g/mol. The van der Waals surface area contributed by atoms with E-state index < -0.39 is 0 Å². The molecule has 1 aromatic rings. The van der Waals surface area contributed by atoms with Gasteiger partial charge in [0, 0.05) is 0 Å². The quantitative estimate of drug-likeness (QED) is 0.437. The van der Waals surface area contributed by atoms with Crippen LogP contribution in [0.1, 0.15) is 40.0 Å². The van der Waals surface area contributed by atoms with Crippen LogP contribution >= 0.6 is 0 Å². The molecule has 0 N–H and O–H groups in total. The van der Waals surface area contributed by atoms with Crippen molar-refractivity contribution in [1.82, 2.24) is 10.0 Å². The molecule has 0 spiro atoms. The van der Waals surface area contributed by atoms with Crippen molar-refractivity contribution in [1.29, 1.82) is 0 Å². The Balaban J connectivity index is 1.68. The number of allylic oxidation sites excluding steroid dienone is 1. The van der Waals surface area contributed by atoms with Crippen molar-refractivity contribution >= 4 is 11.8 Å². The fraction of sp³-hybridized carbons (Fsp3) is 0.333. The molecule has 0 bridgehead atoms. The topological polar surface area (TPSA) is 40.4 Å². The van der Waals surface area contributed by atoms with Crippen LogP contribution < -0.4 is 0 Å². The normalized spacial score (nSPS) is 32.0. The molecule has 0 radical (unpaired) electrons. The zero-order valence-corrected chi connectivity index (χ0v) is 10.5. The number of fused-ring (bicyclic) bond motifs is 2. The summed E-state index contributed by atoms with van der Waals surface area (Å²) < 4.78 is 0. The number of rotatable bonds is 1. The molecule has 3 aliphatic rings. The predicted molar refractivity (Wildman–Crippen MR) is 69.3 cm³/mol. The smallest absolute Gasteiger partial charge is 0.267 e. The molecule has 4 heteroatoms. The van der Waals surface area contributed by atoms with Gasteiger partial charge in [-0.2, -0.15) is 5.01 Å². The molecule has 96 valence electrons. The highest BCUT2D eigenvalue weighted by Gasteiger charge is 2.55. The Morgan fingerprint density at radius 2 is 1.74 bits per heavy atom. The van der Waals surface area contributed by atoms with Gasteiger partial charge in [0.25, 0.3) is 11.8 Å². The largest absolute Gasteiger partial charge is 0.276 e. The molecule has 1 aliphatic carbocycles. The first-order chi connectivity index (χ1) is 9.29. The number of hydrogen-bond donors (Lipinski definition) is 0. The predicted octanol–water partition coefficient (Wildman–Crippen LogP) is 1.99. The van der Waals surface area contributed by atoms with Gasteiger partial charge in [-0.05, 0) is 31.4 Å². The maximum Gasteiger partial charge on any atom is 0.276 e. The lowest BCUT2D eigenvalue weighted by Gasteiger charge is -2.16. The molecule has 0 saturated carbocycles. The van der Waals surface area contributed by atoms with Crippen molar-refractivity contribution in [3.63, 3.8) is 0 Å². The SMILES string of the molecule is O=C1c2ccccc2C(=O)N1N1C2C=CCCCC21. The lowest BCUT2D eigenvalue weighted by molar-refractivity contribution is 0.0349. The minimum atomic E-state index is -0.179. The highest BCUT2D eigenvalue weighted by molar-refractivity contribution is 6.21. The summed E-state index contributed by atoms with van der Waals surface area (Å²) in [6.45, 7) is 0. The molecule has 2 aliphatic heterocycles. The van der Waals surface area contributed by atoms with E-state index in [1.807, 2.05) is 5.01 Å². The number of imide groups is 1. The van der Waals surface area contributed by atoms with Crippen molar-refractivity contribution in [3.05, 3.63) is 47.5 Å². The Hall–Kier alpha value is -1.94. The fourth-order valence-corrected chi connectivity index (χ4v) is 3.15. The lowest BCUT2D eigenvalue weighted by Crippen LogP contribution is -2.37. The minimum absolute atomic E-state index is 0.179. The zero-order chi connectivity index (χ0) is 13.0. The van der Waals surface area contributed by atoms with Gasteiger partial charge in [0.2, 0.25) is 0 Å². The number of carbonyl (C=O) groups is 2. The second-order valence-corrected chi connectivity index (χ2v) is 5.26. The summed E-state index contributed by atoms with van der Waals surface area (Å²) in [6.07, 6.45) is 7.55. The van der Waals surface area contributed by atoms with E-state index in [1.165, 1.54) is 5.01 Å². The van der Waals surface area contributed by atoms with Crippen molar-refractivity contribution in [2.75, 3.05) is 0 Å². The van der Waals surface area contributed by atoms with Gasteiger partial charge in [0.1, 0.15) is 0 Å². The van der Waals surface area contributed by atoms with Crippen LogP contribution in [0, 0.1) is 0 Å². The molecule has 1 saturated heterocycles. The number of nitrogens with zero attached hydrogens (tertiary/aromatic N) is 2. The third-order valence-electron chi connectivity index (χ3n) is 4.16. The van der Waals surface area contributed by atoms with Crippen LogP contribution in [0.2, 0.25) is 0 Å². The van der Waals surface area contributed by atoms with Crippen molar-refractivity contribution in [2.24, 2.45) is 0 Å². The van der Waals surface area contributed by atoms with E-state index >= 15 is 0 Å². The molecule has 19 heavy (non-hydrogen) atoms. The Morgan fingerprint density at radius 1 is 1.05 bits per heavy atom. The summed E-state index contributed by atoms with van der Waals surface area (Å²) >= 11 is 0. The van der Waals surface area contributed by atoms with Crippen LogP contribution in [0.25, 0.3) is 0 Å². The summed E-state index contributed by atoms with van der Waals surface area (Å²) in [7, 11) is 0. The number of hydrazine groups is 1. The summed E-state index contributed by atoms with van der Waals surface area (Å²) in [5.41, 5.74) is 1.05. The van der Waals surface area contributed by atoms with E-state index in [0.717, 1.165) is 19.3 Å². The Labute approximate surface area is 111 Å². The third kappa shape index (κ3) is 1.43. The Kier molecular flexibility index (Phi) is 2.17. The van der Waals surface area contributed by atoms with Crippen LogP contribution in [0.4, 0.5) is 0 Å². The molecule has 4 nitrogen and oxygen atoms in total. The van der Waals surface area contributed by atoms with Gasteiger partial charge in [-0.15, -0.1) is 0 Å². The van der Waals surface area contributed by atoms with E-state index in [2.05, 4.69) is 12.2 Å². The molecule has 1 aromatic carbocycles. The molecule has 2 heterocycles. The molecular formula is C15H14N2O2. The lowest BCUT2D eigenvalue weighted by atomic mass is 10.1.